The quantitative estimate of drug-likeness (QED) is 0.893. The Morgan fingerprint density at radius 3 is 2.83 bits per heavy atom. The first kappa shape index (κ1) is 11.2. The maximum absolute atomic E-state index is 12.2. The number of amides is 1. The number of hydrogen-bond acceptors (Lipinski definition) is 3. The van der Waals surface area contributed by atoms with E-state index < -0.39 is 5.41 Å². The molecule has 1 aromatic carbocycles. The van der Waals surface area contributed by atoms with Crippen LogP contribution in [0.2, 0.25) is 0 Å². The monoisotopic (exact) mass is 256 g/mol. The largest absolute Gasteiger partial charge is 0.323 e. The lowest BCUT2D eigenvalue weighted by molar-refractivity contribution is -0.126. The molecule has 2 aromatic rings. The molecule has 1 aliphatic carbocycles. The fourth-order valence-electron chi connectivity index (χ4n) is 2.24. The smallest absolute Gasteiger partial charge is 0.244 e. The van der Waals surface area contributed by atoms with E-state index in [2.05, 4.69) is 11.4 Å². The van der Waals surface area contributed by atoms with Gasteiger partial charge in [0.2, 0.25) is 5.91 Å². The molecule has 1 saturated carbocycles. The van der Waals surface area contributed by atoms with Crippen LogP contribution in [0.15, 0.2) is 29.6 Å². The SMILES string of the molecule is N#CC1(C(=O)Nc2csc3ccccc23)CCC1. The molecular weight excluding hydrogens is 244 g/mol. The van der Waals surface area contributed by atoms with Crippen molar-refractivity contribution in [1.82, 2.24) is 0 Å². The second-order valence-electron chi connectivity index (χ2n) is 4.65. The molecule has 1 aromatic heterocycles. The van der Waals surface area contributed by atoms with E-state index in [9.17, 15) is 4.79 Å². The van der Waals surface area contributed by atoms with Crippen LogP contribution in [0.5, 0.6) is 0 Å². The average Bonchev–Trinajstić information content (AvgIpc) is 2.72. The summed E-state index contributed by atoms with van der Waals surface area (Å²) in [6, 6.07) is 10.1. The van der Waals surface area contributed by atoms with Crippen LogP contribution >= 0.6 is 11.3 Å². The molecule has 0 spiro atoms. The number of thiophene rings is 1. The molecule has 0 radical (unpaired) electrons. The van der Waals surface area contributed by atoms with Crippen molar-refractivity contribution in [3.63, 3.8) is 0 Å². The molecule has 0 atom stereocenters. The summed E-state index contributed by atoms with van der Waals surface area (Å²) in [5, 5.41) is 15.0. The molecule has 1 amide bonds. The predicted octanol–water partition coefficient (Wildman–Crippen LogP) is 3.53. The number of nitrogens with zero attached hydrogens (tertiary/aromatic N) is 1. The Bertz CT molecular complexity index is 649. The summed E-state index contributed by atoms with van der Waals surface area (Å²) < 4.78 is 1.15. The molecule has 3 rings (SSSR count). The molecule has 0 aliphatic heterocycles. The van der Waals surface area contributed by atoms with Crippen LogP contribution in [0, 0.1) is 16.7 Å². The molecule has 0 bridgehead atoms. The van der Waals surface area contributed by atoms with Crippen molar-refractivity contribution in [1.29, 1.82) is 5.26 Å². The molecule has 1 heterocycles. The van der Waals surface area contributed by atoms with Crippen molar-refractivity contribution in [2.75, 3.05) is 5.32 Å². The van der Waals surface area contributed by atoms with Gasteiger partial charge in [-0.25, -0.2) is 0 Å². The van der Waals surface area contributed by atoms with Crippen LogP contribution in [0.3, 0.4) is 0 Å². The van der Waals surface area contributed by atoms with Gasteiger partial charge in [-0.3, -0.25) is 4.79 Å². The predicted molar refractivity (Wildman–Crippen MR) is 72.4 cm³/mol. The van der Waals surface area contributed by atoms with Gasteiger partial charge in [0.1, 0.15) is 5.41 Å². The maximum Gasteiger partial charge on any atom is 0.244 e. The molecule has 18 heavy (non-hydrogen) atoms. The third kappa shape index (κ3) is 1.59. The minimum Gasteiger partial charge on any atom is -0.323 e. The highest BCUT2D eigenvalue weighted by atomic mass is 32.1. The number of rotatable bonds is 2. The van der Waals surface area contributed by atoms with Crippen LogP contribution < -0.4 is 5.32 Å². The molecule has 0 unspecified atom stereocenters. The van der Waals surface area contributed by atoms with Crippen molar-refractivity contribution in [3.8, 4) is 6.07 Å². The zero-order chi connectivity index (χ0) is 12.6. The summed E-state index contributed by atoms with van der Waals surface area (Å²) in [5.41, 5.74) is 0.0328. The molecule has 0 saturated heterocycles. The first-order valence-electron chi connectivity index (χ1n) is 5.94. The second kappa shape index (κ2) is 4.11. The van der Waals surface area contributed by atoms with Crippen LogP contribution in [0.1, 0.15) is 19.3 Å². The molecule has 3 nitrogen and oxygen atoms in total. The number of carbonyl (C=O) groups is 1. The lowest BCUT2D eigenvalue weighted by Crippen LogP contribution is -2.40. The highest BCUT2D eigenvalue weighted by Gasteiger charge is 2.44. The topological polar surface area (TPSA) is 52.9 Å². The Hall–Kier alpha value is -1.86. The third-order valence-corrected chi connectivity index (χ3v) is 4.55. The number of carbonyl (C=O) groups excluding carboxylic acids is 1. The van der Waals surface area contributed by atoms with Gasteiger partial charge < -0.3 is 5.32 Å². The van der Waals surface area contributed by atoms with Crippen LogP contribution in [-0.4, -0.2) is 5.91 Å². The van der Waals surface area contributed by atoms with E-state index in [1.54, 1.807) is 11.3 Å². The number of anilines is 1. The highest BCUT2D eigenvalue weighted by Crippen LogP contribution is 2.42. The minimum absolute atomic E-state index is 0.153. The lowest BCUT2D eigenvalue weighted by Gasteiger charge is -2.33. The van der Waals surface area contributed by atoms with Gasteiger partial charge in [-0.1, -0.05) is 18.2 Å². The highest BCUT2D eigenvalue weighted by molar-refractivity contribution is 7.17. The number of nitriles is 1. The van der Waals surface area contributed by atoms with E-state index in [0.717, 1.165) is 22.2 Å². The van der Waals surface area contributed by atoms with Gasteiger partial charge in [-0.05, 0) is 25.3 Å². The van der Waals surface area contributed by atoms with Gasteiger partial charge in [0.25, 0.3) is 0 Å². The summed E-state index contributed by atoms with van der Waals surface area (Å²) in [6.07, 6.45) is 2.32. The van der Waals surface area contributed by atoms with Crippen LogP contribution in [0.25, 0.3) is 10.1 Å². The van der Waals surface area contributed by atoms with Gasteiger partial charge >= 0.3 is 0 Å². The minimum atomic E-state index is -0.789. The van der Waals surface area contributed by atoms with E-state index in [1.807, 2.05) is 29.6 Å². The van der Waals surface area contributed by atoms with Crippen molar-refractivity contribution < 1.29 is 4.79 Å². The van der Waals surface area contributed by atoms with Crippen molar-refractivity contribution in [2.24, 2.45) is 5.41 Å². The number of fused-ring (bicyclic) bond motifs is 1. The summed E-state index contributed by atoms with van der Waals surface area (Å²) in [6.45, 7) is 0. The van der Waals surface area contributed by atoms with Gasteiger partial charge in [0.05, 0.1) is 11.8 Å². The molecule has 90 valence electrons. The zero-order valence-corrected chi connectivity index (χ0v) is 10.6. The number of hydrogen-bond donors (Lipinski definition) is 1. The third-order valence-electron chi connectivity index (χ3n) is 3.58. The van der Waals surface area contributed by atoms with Crippen LogP contribution in [0.4, 0.5) is 5.69 Å². The summed E-state index contributed by atoms with van der Waals surface area (Å²) in [5.74, 6) is -0.153. The Labute approximate surface area is 109 Å². The Morgan fingerprint density at radius 2 is 2.17 bits per heavy atom. The van der Waals surface area contributed by atoms with Gasteiger partial charge in [0, 0.05) is 15.5 Å². The van der Waals surface area contributed by atoms with Gasteiger partial charge in [-0.2, -0.15) is 5.26 Å². The Morgan fingerprint density at radius 1 is 1.39 bits per heavy atom. The van der Waals surface area contributed by atoms with E-state index in [0.29, 0.717) is 12.8 Å². The van der Waals surface area contributed by atoms with Gasteiger partial charge in [-0.15, -0.1) is 11.3 Å². The molecule has 1 aliphatic rings. The maximum atomic E-state index is 12.2. The first-order chi connectivity index (χ1) is 8.75. The summed E-state index contributed by atoms with van der Waals surface area (Å²) in [4.78, 5) is 12.2. The van der Waals surface area contributed by atoms with Crippen LogP contribution in [-0.2, 0) is 4.79 Å². The molecule has 1 N–H and O–H groups in total. The second-order valence-corrected chi connectivity index (χ2v) is 5.56. The standard InChI is InChI=1S/C14H12N2OS/c15-9-14(6-3-7-14)13(17)16-11-8-18-12-5-2-1-4-10(11)12/h1-2,4-5,8H,3,6-7H2,(H,16,17). The summed E-state index contributed by atoms with van der Waals surface area (Å²) in [7, 11) is 0. The zero-order valence-electron chi connectivity index (χ0n) is 9.77. The molecule has 1 fully saturated rings. The lowest BCUT2D eigenvalue weighted by atomic mass is 9.69. The summed E-state index contributed by atoms with van der Waals surface area (Å²) >= 11 is 1.60. The van der Waals surface area contributed by atoms with E-state index in [-0.39, 0.29) is 5.91 Å². The molecular formula is C14H12N2OS. The van der Waals surface area contributed by atoms with Crippen molar-refractivity contribution in [3.05, 3.63) is 29.6 Å². The van der Waals surface area contributed by atoms with Crippen molar-refractivity contribution >= 4 is 33.0 Å². The van der Waals surface area contributed by atoms with E-state index in [4.69, 9.17) is 5.26 Å². The van der Waals surface area contributed by atoms with E-state index in [1.165, 1.54) is 0 Å². The molecule has 4 heteroatoms. The number of nitrogens with one attached hydrogen (secondary N) is 1. The first-order valence-corrected chi connectivity index (χ1v) is 6.82. The van der Waals surface area contributed by atoms with E-state index >= 15 is 0 Å². The Balaban J connectivity index is 1.89. The number of benzene rings is 1. The fraction of sp³-hybridized carbons (Fsp3) is 0.286. The fourth-order valence-corrected chi connectivity index (χ4v) is 3.13. The van der Waals surface area contributed by atoms with Gasteiger partial charge in [0.15, 0.2) is 0 Å². The van der Waals surface area contributed by atoms with Crippen molar-refractivity contribution in [2.45, 2.75) is 19.3 Å². The normalized spacial score (nSPS) is 16.8. The Kier molecular flexibility index (Phi) is 2.57. The average molecular weight is 256 g/mol.